The van der Waals surface area contributed by atoms with Gasteiger partial charge in [-0.3, -0.25) is 9.35 Å². The highest BCUT2D eigenvalue weighted by Crippen LogP contribution is 2.35. The molecule has 0 aliphatic carbocycles. The van der Waals surface area contributed by atoms with Crippen molar-refractivity contribution in [3.05, 3.63) is 47.2 Å². The van der Waals surface area contributed by atoms with E-state index in [1.165, 1.54) is 11.3 Å². The van der Waals surface area contributed by atoms with E-state index in [0.29, 0.717) is 16.7 Å². The molecule has 1 unspecified atom stereocenters. The Balaban J connectivity index is 0.000000552. The molecule has 2 heterocycles. The molecule has 26 heavy (non-hydrogen) atoms. The minimum absolute atomic E-state index is 0.504. The Kier molecular flexibility index (Phi) is 7.42. The fourth-order valence-electron chi connectivity index (χ4n) is 1.96. The Morgan fingerprint density at radius 1 is 1.27 bits per heavy atom. The van der Waals surface area contributed by atoms with E-state index in [1.807, 2.05) is 44.3 Å². The molecule has 0 fully saturated rings. The second-order valence-electron chi connectivity index (χ2n) is 4.83. The van der Waals surface area contributed by atoms with Gasteiger partial charge in [-0.25, -0.2) is 15.0 Å². The van der Waals surface area contributed by atoms with Crippen LogP contribution in [-0.4, -0.2) is 30.8 Å². The highest BCUT2D eigenvalue weighted by molar-refractivity contribution is 7.76. The van der Waals surface area contributed by atoms with Crippen molar-refractivity contribution in [2.45, 2.75) is 6.92 Å². The number of aromatic nitrogens is 3. The molecule has 4 N–H and O–H groups in total. The van der Waals surface area contributed by atoms with Crippen LogP contribution < -0.4 is 15.8 Å². The summed E-state index contributed by atoms with van der Waals surface area (Å²) in [5, 5.41) is 11.6. The van der Waals surface area contributed by atoms with Gasteiger partial charge in [0.2, 0.25) is 5.95 Å². The number of thiazole rings is 1. The zero-order chi connectivity index (χ0) is 19.1. The Morgan fingerprint density at radius 2 is 1.92 bits per heavy atom. The number of para-hydroxylation sites is 1. The molecule has 0 bridgehead atoms. The van der Waals surface area contributed by atoms with Crippen LogP contribution in [0.25, 0.3) is 10.6 Å². The summed E-state index contributed by atoms with van der Waals surface area (Å²) in [7, 11) is 1.84. The summed E-state index contributed by atoms with van der Waals surface area (Å²) in [6.45, 7) is 1.94. The molecule has 0 saturated heterocycles. The van der Waals surface area contributed by atoms with Crippen LogP contribution in [0.5, 0.6) is 0 Å². The van der Waals surface area contributed by atoms with Crippen molar-refractivity contribution in [2.24, 2.45) is 5.14 Å². The maximum absolute atomic E-state index is 8.78. The van der Waals surface area contributed by atoms with Crippen molar-refractivity contribution in [2.75, 3.05) is 17.7 Å². The number of rotatable bonds is 4. The summed E-state index contributed by atoms with van der Waals surface area (Å²) in [5.74, 6) is 0.504. The number of aryl methyl sites for hydroxylation is 1. The van der Waals surface area contributed by atoms with E-state index in [0.717, 1.165) is 21.4 Å². The van der Waals surface area contributed by atoms with E-state index in [1.54, 1.807) is 6.20 Å². The van der Waals surface area contributed by atoms with Crippen LogP contribution in [0.1, 0.15) is 5.69 Å². The van der Waals surface area contributed by atoms with Gasteiger partial charge in [0.1, 0.15) is 5.69 Å². The lowest BCUT2D eigenvalue weighted by Crippen LogP contribution is -1.98. The topological polar surface area (TPSA) is 129 Å². The van der Waals surface area contributed by atoms with E-state index in [2.05, 4.69) is 30.7 Å². The molecule has 138 valence electrons. The molecule has 0 radical (unpaired) electrons. The standard InChI is InChI=1S/C15H14ClN5S.H3NO2S/c1-9-13(22-15(17-2)19-9)12-11(16)8-18-14(21-12)20-10-6-4-3-5-7-10;1-4(2)3/h3-8H,1-2H3,(H,17,19)(H,18,20,21);1H2,(H,2,3)/p-1. The van der Waals surface area contributed by atoms with Gasteiger partial charge in [-0.2, -0.15) is 0 Å². The highest BCUT2D eigenvalue weighted by Gasteiger charge is 2.15. The number of halogens is 1. The van der Waals surface area contributed by atoms with Crippen molar-refractivity contribution in [3.8, 4) is 10.6 Å². The molecule has 0 spiro atoms. The first-order valence-electron chi connectivity index (χ1n) is 7.24. The van der Waals surface area contributed by atoms with Crippen LogP contribution >= 0.6 is 22.9 Å². The number of hydrogen-bond acceptors (Lipinski definition) is 8. The van der Waals surface area contributed by atoms with Crippen molar-refractivity contribution >= 4 is 51.0 Å². The zero-order valence-corrected chi connectivity index (χ0v) is 16.3. The third-order valence-electron chi connectivity index (χ3n) is 3.00. The number of nitrogens with two attached hydrogens (primary N) is 1. The monoisotopic (exact) mass is 411 g/mol. The van der Waals surface area contributed by atoms with E-state index in [-0.39, 0.29) is 0 Å². The minimum Gasteiger partial charge on any atom is -0.760 e. The van der Waals surface area contributed by atoms with Crippen LogP contribution in [0.2, 0.25) is 5.02 Å². The Bertz CT molecular complexity index is 887. The maximum atomic E-state index is 8.78. The second kappa shape index (κ2) is 9.55. The molecule has 1 aromatic carbocycles. The molecule has 0 amide bonds. The van der Waals surface area contributed by atoms with Crippen molar-refractivity contribution in [1.82, 2.24) is 15.0 Å². The molecule has 0 aliphatic heterocycles. The van der Waals surface area contributed by atoms with E-state index < -0.39 is 11.3 Å². The lowest BCUT2D eigenvalue weighted by Gasteiger charge is -2.07. The summed E-state index contributed by atoms with van der Waals surface area (Å²) in [6, 6.07) is 9.76. The van der Waals surface area contributed by atoms with E-state index >= 15 is 0 Å². The summed E-state index contributed by atoms with van der Waals surface area (Å²) in [6.07, 6.45) is 1.60. The Labute approximate surface area is 162 Å². The van der Waals surface area contributed by atoms with Gasteiger partial charge in [-0.05, 0) is 19.1 Å². The third-order valence-corrected chi connectivity index (χ3v) is 4.46. The van der Waals surface area contributed by atoms with Gasteiger partial charge in [0.15, 0.2) is 5.13 Å². The van der Waals surface area contributed by atoms with E-state index in [9.17, 15) is 0 Å². The zero-order valence-electron chi connectivity index (χ0n) is 13.9. The molecular formula is C15H16ClN6O2S2-. The SMILES string of the molecule is CNc1nc(C)c(-c2nc(Nc3ccccc3)ncc2Cl)s1.NS(=O)[O-]. The highest BCUT2D eigenvalue weighted by atomic mass is 35.5. The number of nitrogens with zero attached hydrogens (tertiary/aromatic N) is 3. The molecule has 11 heteroatoms. The summed E-state index contributed by atoms with van der Waals surface area (Å²) >= 11 is 5.42. The molecule has 3 rings (SSSR count). The average Bonchev–Trinajstić information content (AvgIpc) is 2.98. The largest absolute Gasteiger partial charge is 0.760 e. The quantitative estimate of drug-likeness (QED) is 0.562. The second-order valence-corrected chi connectivity index (χ2v) is 6.75. The minimum atomic E-state index is -2.36. The molecule has 0 aliphatic rings. The summed E-state index contributed by atoms with van der Waals surface area (Å²) in [4.78, 5) is 14.1. The van der Waals surface area contributed by atoms with Crippen LogP contribution in [0, 0.1) is 6.92 Å². The molecule has 1 atom stereocenters. The van der Waals surface area contributed by atoms with Gasteiger partial charge >= 0.3 is 0 Å². The van der Waals surface area contributed by atoms with Crippen LogP contribution in [0.4, 0.5) is 16.8 Å². The van der Waals surface area contributed by atoms with Crippen molar-refractivity contribution < 1.29 is 8.76 Å². The molecule has 8 nitrogen and oxygen atoms in total. The molecule has 2 aromatic heterocycles. The van der Waals surface area contributed by atoms with E-state index in [4.69, 9.17) is 20.4 Å². The molecule has 3 aromatic rings. The van der Waals surface area contributed by atoms with Gasteiger partial charge in [-0.1, -0.05) is 41.1 Å². The van der Waals surface area contributed by atoms with Gasteiger partial charge in [-0.15, -0.1) is 0 Å². The predicted molar refractivity (Wildman–Crippen MR) is 105 cm³/mol. The normalized spacial score (nSPS) is 11.3. The number of anilines is 3. The van der Waals surface area contributed by atoms with Gasteiger partial charge in [0.25, 0.3) is 0 Å². The van der Waals surface area contributed by atoms with Crippen LogP contribution in [0.15, 0.2) is 36.5 Å². The fourth-order valence-corrected chi connectivity index (χ4v) is 3.13. The number of nitrogens with one attached hydrogen (secondary N) is 2. The van der Waals surface area contributed by atoms with Gasteiger partial charge in [0.05, 0.1) is 21.8 Å². The Morgan fingerprint density at radius 3 is 2.50 bits per heavy atom. The lowest BCUT2D eigenvalue weighted by molar-refractivity contribution is 0.539. The molecular weight excluding hydrogens is 396 g/mol. The first-order chi connectivity index (χ1) is 12.4. The summed E-state index contributed by atoms with van der Waals surface area (Å²) in [5.41, 5.74) is 2.50. The third kappa shape index (κ3) is 5.71. The smallest absolute Gasteiger partial charge is 0.227 e. The number of benzene rings is 1. The van der Waals surface area contributed by atoms with Gasteiger partial charge < -0.3 is 15.2 Å². The van der Waals surface area contributed by atoms with Crippen LogP contribution in [-0.2, 0) is 11.3 Å². The van der Waals surface area contributed by atoms with Crippen molar-refractivity contribution in [3.63, 3.8) is 0 Å². The first-order valence-corrected chi connectivity index (χ1v) is 9.57. The van der Waals surface area contributed by atoms with Crippen molar-refractivity contribution in [1.29, 1.82) is 0 Å². The predicted octanol–water partition coefficient (Wildman–Crippen LogP) is 3.09. The van der Waals surface area contributed by atoms with Gasteiger partial charge in [0, 0.05) is 24.0 Å². The molecule has 0 saturated carbocycles. The number of hydrogen-bond donors (Lipinski definition) is 3. The lowest BCUT2D eigenvalue weighted by atomic mass is 10.3. The average molecular weight is 412 g/mol. The maximum Gasteiger partial charge on any atom is 0.227 e. The Hall–Kier alpha value is -2.11. The first kappa shape index (κ1) is 20.2. The van der Waals surface area contributed by atoms with Crippen LogP contribution in [0.3, 0.4) is 0 Å². The fraction of sp³-hybridized carbons (Fsp3) is 0.133. The summed E-state index contributed by atoms with van der Waals surface area (Å²) < 4.78 is 17.6.